The maximum absolute atomic E-state index is 13.2. The zero-order valence-corrected chi connectivity index (χ0v) is 21.9. The number of aromatic nitrogens is 1. The summed E-state index contributed by atoms with van der Waals surface area (Å²) in [6.07, 6.45) is 4.41. The Morgan fingerprint density at radius 2 is 2.09 bits per heavy atom. The highest BCUT2D eigenvalue weighted by Gasteiger charge is 2.34. The van der Waals surface area contributed by atoms with Crippen LogP contribution in [0.15, 0.2) is 35.8 Å². The number of hydrogen-bond donors (Lipinski definition) is 1. The van der Waals surface area contributed by atoms with E-state index in [9.17, 15) is 14.4 Å². The number of thiophene rings is 1. The van der Waals surface area contributed by atoms with Gasteiger partial charge >= 0.3 is 5.97 Å². The third-order valence-electron chi connectivity index (χ3n) is 6.31. The number of allylic oxidation sites excluding steroid dienone is 1. The molecule has 0 amide bonds. The number of thiazole rings is 1. The molecular weight excluding hydrogens is 481 g/mol. The van der Waals surface area contributed by atoms with Gasteiger partial charge in [0, 0.05) is 22.0 Å². The molecule has 0 bridgehead atoms. The van der Waals surface area contributed by atoms with E-state index in [1.54, 1.807) is 36.6 Å². The number of esters is 1. The molecule has 5 nitrogen and oxygen atoms in total. The van der Waals surface area contributed by atoms with Crippen molar-refractivity contribution < 1.29 is 13.9 Å². The number of halogens is 1. The molecule has 3 aromatic rings. The lowest BCUT2D eigenvalue weighted by atomic mass is 9.72. The zero-order valence-electron chi connectivity index (χ0n) is 20.3. The van der Waals surface area contributed by atoms with Crippen LogP contribution in [0.2, 0.25) is 0 Å². The molecule has 0 aliphatic heterocycles. The fourth-order valence-electron chi connectivity index (χ4n) is 4.28. The quantitative estimate of drug-likeness (QED) is 0.278. The number of rotatable bonds is 6. The summed E-state index contributed by atoms with van der Waals surface area (Å²) in [5, 5.41) is 16.1. The average molecular weight is 510 g/mol. The largest absolute Gasteiger partial charge is 0.462 e. The fourth-order valence-corrected chi connectivity index (χ4v) is 6.36. The van der Waals surface area contributed by atoms with Crippen LogP contribution in [0.4, 0.5) is 9.39 Å². The number of ether oxygens (including phenoxy) is 1. The van der Waals surface area contributed by atoms with E-state index < -0.39 is 0 Å². The molecule has 1 aromatic carbocycles. The van der Waals surface area contributed by atoms with Crippen molar-refractivity contribution in [2.24, 2.45) is 11.3 Å². The van der Waals surface area contributed by atoms with Gasteiger partial charge in [-0.15, -0.1) is 22.7 Å². The first-order valence-corrected chi connectivity index (χ1v) is 13.3. The van der Waals surface area contributed by atoms with Crippen LogP contribution in [0.1, 0.15) is 59.9 Å². The third-order valence-corrected chi connectivity index (χ3v) is 8.37. The van der Waals surface area contributed by atoms with E-state index in [0.29, 0.717) is 39.4 Å². The maximum atomic E-state index is 13.2. The summed E-state index contributed by atoms with van der Waals surface area (Å²) in [7, 11) is 0. The fraction of sp³-hybridized carbons (Fsp3) is 0.370. The highest BCUT2D eigenvalue weighted by molar-refractivity contribution is 7.16. The topological polar surface area (TPSA) is 75.0 Å². The van der Waals surface area contributed by atoms with Crippen molar-refractivity contribution in [2.45, 2.75) is 47.0 Å². The van der Waals surface area contributed by atoms with E-state index >= 15 is 0 Å². The predicted octanol–water partition coefficient (Wildman–Crippen LogP) is 7.31. The number of anilines is 1. The van der Waals surface area contributed by atoms with Crippen LogP contribution < -0.4 is 5.32 Å². The Kier molecular flexibility index (Phi) is 7.39. The first-order valence-electron chi connectivity index (χ1n) is 11.6. The summed E-state index contributed by atoms with van der Waals surface area (Å²) in [6, 6.07) is 8.29. The molecule has 1 atom stereocenters. The SMILES string of the molecule is CCOC(=O)c1c(N/C=C(/C#N)c2nc(-c3ccc(F)cc3)cs2)sc2c1CCC(C(C)(C)C)C2. The first kappa shape index (κ1) is 25.1. The highest BCUT2D eigenvalue weighted by Crippen LogP contribution is 2.44. The number of carbonyl (C=O) groups excluding carboxylic acids is 1. The minimum Gasteiger partial charge on any atom is -0.462 e. The lowest BCUT2D eigenvalue weighted by Crippen LogP contribution is -2.26. The number of fused-ring (bicyclic) bond motifs is 1. The van der Waals surface area contributed by atoms with Gasteiger partial charge in [0.1, 0.15) is 27.5 Å². The number of nitrogens with one attached hydrogen (secondary N) is 1. The summed E-state index contributed by atoms with van der Waals surface area (Å²) in [4.78, 5) is 18.6. The Labute approximate surface area is 213 Å². The second kappa shape index (κ2) is 10.3. The van der Waals surface area contributed by atoms with Crippen LogP contribution in [-0.2, 0) is 17.6 Å². The van der Waals surface area contributed by atoms with E-state index in [1.807, 2.05) is 5.38 Å². The number of nitriles is 1. The molecule has 1 unspecified atom stereocenters. The number of hydrogen-bond acceptors (Lipinski definition) is 7. The van der Waals surface area contributed by atoms with Gasteiger partial charge in [0.15, 0.2) is 0 Å². The number of nitrogens with zero attached hydrogens (tertiary/aromatic N) is 2. The second-order valence-electron chi connectivity index (χ2n) is 9.59. The molecule has 0 saturated heterocycles. The van der Waals surface area contributed by atoms with Gasteiger partial charge in [-0.05, 0) is 67.3 Å². The summed E-state index contributed by atoms with van der Waals surface area (Å²) in [5.74, 6) is -0.0979. The summed E-state index contributed by atoms with van der Waals surface area (Å²) >= 11 is 2.91. The van der Waals surface area contributed by atoms with Gasteiger partial charge in [-0.2, -0.15) is 5.26 Å². The Balaban J connectivity index is 1.63. The van der Waals surface area contributed by atoms with Crippen molar-refractivity contribution in [1.82, 2.24) is 4.98 Å². The normalized spacial score (nSPS) is 15.9. The van der Waals surface area contributed by atoms with Crippen LogP contribution in [-0.4, -0.2) is 17.6 Å². The standard InChI is InChI=1S/C27H28FN3O2S2/c1-5-33-26(32)23-20-11-8-18(27(2,3)4)12-22(20)35-25(23)30-14-17(13-29)24-31-21(15-34-24)16-6-9-19(28)10-7-16/h6-7,9-10,14-15,18,30H,5,8,11-12H2,1-4H3/b17-14-. The van der Waals surface area contributed by atoms with Gasteiger partial charge in [-0.25, -0.2) is 14.2 Å². The molecule has 2 aromatic heterocycles. The number of benzene rings is 1. The van der Waals surface area contributed by atoms with E-state index in [4.69, 9.17) is 4.74 Å². The molecule has 0 saturated carbocycles. The molecule has 0 fully saturated rings. The van der Waals surface area contributed by atoms with Gasteiger partial charge in [-0.1, -0.05) is 20.8 Å². The van der Waals surface area contributed by atoms with E-state index in [-0.39, 0.29) is 17.2 Å². The van der Waals surface area contributed by atoms with E-state index in [2.05, 4.69) is 37.1 Å². The van der Waals surface area contributed by atoms with Crippen molar-refractivity contribution in [1.29, 1.82) is 5.26 Å². The van der Waals surface area contributed by atoms with E-state index in [1.165, 1.54) is 28.3 Å². The third kappa shape index (κ3) is 5.47. The van der Waals surface area contributed by atoms with Crippen molar-refractivity contribution in [3.63, 3.8) is 0 Å². The van der Waals surface area contributed by atoms with Gasteiger partial charge in [0.2, 0.25) is 0 Å². The molecule has 0 spiro atoms. The second-order valence-corrected chi connectivity index (χ2v) is 11.6. The molecule has 1 N–H and O–H groups in total. The van der Waals surface area contributed by atoms with Crippen LogP contribution >= 0.6 is 22.7 Å². The minimum absolute atomic E-state index is 0.195. The molecular formula is C27H28FN3O2S2. The van der Waals surface area contributed by atoms with Crippen molar-refractivity contribution in [3.05, 3.63) is 62.7 Å². The molecule has 2 heterocycles. The minimum atomic E-state index is -0.332. The van der Waals surface area contributed by atoms with Crippen LogP contribution in [0.5, 0.6) is 0 Å². The van der Waals surface area contributed by atoms with Gasteiger partial charge < -0.3 is 10.1 Å². The summed E-state index contributed by atoms with van der Waals surface area (Å²) in [6.45, 7) is 8.89. The molecule has 0 radical (unpaired) electrons. The Bertz CT molecular complexity index is 1290. The van der Waals surface area contributed by atoms with Crippen molar-refractivity contribution in [3.8, 4) is 17.3 Å². The summed E-state index contributed by atoms with van der Waals surface area (Å²) < 4.78 is 18.6. The smallest absolute Gasteiger partial charge is 0.341 e. The Morgan fingerprint density at radius 3 is 2.74 bits per heavy atom. The highest BCUT2D eigenvalue weighted by atomic mass is 32.1. The summed E-state index contributed by atoms with van der Waals surface area (Å²) in [5.41, 5.74) is 3.66. The van der Waals surface area contributed by atoms with Crippen LogP contribution in [0, 0.1) is 28.5 Å². The predicted molar refractivity (Wildman–Crippen MR) is 140 cm³/mol. The molecule has 182 valence electrons. The molecule has 35 heavy (non-hydrogen) atoms. The molecule has 1 aliphatic rings. The van der Waals surface area contributed by atoms with Gasteiger partial charge in [-0.3, -0.25) is 0 Å². The monoisotopic (exact) mass is 509 g/mol. The van der Waals surface area contributed by atoms with E-state index in [0.717, 1.165) is 30.4 Å². The zero-order chi connectivity index (χ0) is 25.2. The van der Waals surface area contributed by atoms with Crippen molar-refractivity contribution in [2.75, 3.05) is 11.9 Å². The molecule has 4 rings (SSSR count). The average Bonchev–Trinajstić information content (AvgIpc) is 3.44. The Morgan fingerprint density at radius 1 is 1.34 bits per heavy atom. The molecule has 8 heteroatoms. The Hall–Kier alpha value is -3.02. The van der Waals surface area contributed by atoms with Gasteiger partial charge in [0.05, 0.1) is 17.9 Å². The lowest BCUT2D eigenvalue weighted by Gasteiger charge is -2.33. The van der Waals surface area contributed by atoms with Gasteiger partial charge in [0.25, 0.3) is 0 Å². The van der Waals surface area contributed by atoms with Crippen LogP contribution in [0.3, 0.4) is 0 Å². The van der Waals surface area contributed by atoms with Crippen LogP contribution in [0.25, 0.3) is 16.8 Å². The molecule has 1 aliphatic carbocycles. The number of carbonyl (C=O) groups is 1. The van der Waals surface area contributed by atoms with Crippen molar-refractivity contribution >= 4 is 39.2 Å². The lowest BCUT2D eigenvalue weighted by molar-refractivity contribution is 0.0526. The first-order chi connectivity index (χ1) is 16.7. The maximum Gasteiger partial charge on any atom is 0.341 e.